The number of carbonyl (C=O) groups excluding carboxylic acids is 3. The van der Waals surface area contributed by atoms with Crippen molar-refractivity contribution in [3.8, 4) is 0 Å². The van der Waals surface area contributed by atoms with E-state index in [9.17, 15) is 19.5 Å². The smallest absolute Gasteiger partial charge is 0.245 e. The van der Waals surface area contributed by atoms with Crippen molar-refractivity contribution in [3.63, 3.8) is 0 Å². The lowest BCUT2D eigenvalue weighted by Gasteiger charge is -2.33. The van der Waals surface area contributed by atoms with Crippen LogP contribution in [0.5, 0.6) is 0 Å². The Hall–Kier alpha value is -1.63. The van der Waals surface area contributed by atoms with Gasteiger partial charge in [0.15, 0.2) is 0 Å². The van der Waals surface area contributed by atoms with Crippen LogP contribution in [0, 0.1) is 11.8 Å². The van der Waals surface area contributed by atoms with Crippen molar-refractivity contribution in [2.45, 2.75) is 59.2 Å². The Balaban J connectivity index is 5.11. The van der Waals surface area contributed by atoms with Crippen LogP contribution in [0.2, 0.25) is 0 Å². The van der Waals surface area contributed by atoms with E-state index in [-0.39, 0.29) is 17.7 Å². The molecule has 0 aliphatic heterocycles. The highest BCUT2D eigenvalue weighted by molar-refractivity contribution is 5.91. The van der Waals surface area contributed by atoms with Crippen molar-refractivity contribution in [1.29, 1.82) is 0 Å². The summed E-state index contributed by atoms with van der Waals surface area (Å²) in [4.78, 5) is 39.0. The number of likely N-dealkylation sites (N-methyl/N-ethyl adjacent to an activating group) is 2. The lowest BCUT2D eigenvalue weighted by atomic mass is 10.0. The van der Waals surface area contributed by atoms with Crippen LogP contribution in [0.1, 0.15) is 41.0 Å². The molecule has 0 saturated heterocycles. The molecule has 0 radical (unpaired) electrons. The fraction of sp³-hybridized carbons (Fsp3) is 0.812. The lowest BCUT2D eigenvalue weighted by Crippen LogP contribution is -2.54. The molecule has 7 heteroatoms. The molecule has 0 unspecified atom stereocenters. The van der Waals surface area contributed by atoms with Crippen molar-refractivity contribution in [3.05, 3.63) is 0 Å². The Kier molecular flexibility index (Phi) is 8.23. The Labute approximate surface area is 138 Å². The molecule has 23 heavy (non-hydrogen) atoms. The van der Waals surface area contributed by atoms with E-state index in [0.29, 0.717) is 6.42 Å². The van der Waals surface area contributed by atoms with Gasteiger partial charge in [-0.25, -0.2) is 0 Å². The van der Waals surface area contributed by atoms with Gasteiger partial charge in [-0.05, 0) is 26.2 Å². The zero-order valence-electron chi connectivity index (χ0n) is 15.2. The van der Waals surface area contributed by atoms with Crippen LogP contribution in [0.3, 0.4) is 0 Å². The van der Waals surface area contributed by atoms with Gasteiger partial charge < -0.3 is 20.6 Å². The number of aliphatic hydroxyl groups excluding tert-OH is 1. The van der Waals surface area contributed by atoms with E-state index in [0.717, 1.165) is 0 Å². The Morgan fingerprint density at radius 1 is 0.957 bits per heavy atom. The molecule has 3 amide bonds. The first-order chi connectivity index (χ1) is 10.4. The highest BCUT2D eigenvalue weighted by atomic mass is 16.3. The topological polar surface area (TPSA) is 104 Å². The van der Waals surface area contributed by atoms with Gasteiger partial charge in [-0.1, -0.05) is 20.8 Å². The second-order valence-corrected chi connectivity index (χ2v) is 6.65. The third-order valence-electron chi connectivity index (χ3n) is 4.24. The first-order valence-electron chi connectivity index (χ1n) is 7.92. The van der Waals surface area contributed by atoms with Crippen LogP contribution in [0.25, 0.3) is 0 Å². The van der Waals surface area contributed by atoms with Gasteiger partial charge >= 0.3 is 0 Å². The molecule has 0 aromatic carbocycles. The molecule has 0 aliphatic rings. The van der Waals surface area contributed by atoms with Crippen molar-refractivity contribution in [2.24, 2.45) is 17.6 Å². The zero-order chi connectivity index (χ0) is 18.5. The molecule has 0 aliphatic carbocycles. The number of primary amides is 1. The van der Waals surface area contributed by atoms with Crippen LogP contribution >= 0.6 is 0 Å². The predicted octanol–water partition coefficient (Wildman–Crippen LogP) is 0.209. The van der Waals surface area contributed by atoms with Gasteiger partial charge in [-0.2, -0.15) is 0 Å². The third kappa shape index (κ3) is 5.82. The largest absolute Gasteiger partial charge is 0.393 e. The first-order valence-corrected chi connectivity index (χ1v) is 7.92. The van der Waals surface area contributed by atoms with Crippen LogP contribution < -0.4 is 5.73 Å². The molecule has 0 rings (SSSR count). The molecule has 134 valence electrons. The summed E-state index contributed by atoms with van der Waals surface area (Å²) in [6.45, 7) is 8.62. The molecule has 0 aromatic rings. The van der Waals surface area contributed by atoms with E-state index in [1.165, 1.54) is 30.8 Å². The Morgan fingerprint density at radius 3 is 1.78 bits per heavy atom. The summed E-state index contributed by atoms with van der Waals surface area (Å²) in [5, 5.41) is 9.53. The first kappa shape index (κ1) is 21.4. The molecule has 0 saturated carbocycles. The van der Waals surface area contributed by atoms with Gasteiger partial charge in [-0.15, -0.1) is 0 Å². The summed E-state index contributed by atoms with van der Waals surface area (Å²) in [6.07, 6.45) is -0.337. The van der Waals surface area contributed by atoms with Crippen LogP contribution in [0.15, 0.2) is 0 Å². The molecule has 3 N–H and O–H groups in total. The van der Waals surface area contributed by atoms with Gasteiger partial charge in [0.1, 0.15) is 12.1 Å². The van der Waals surface area contributed by atoms with E-state index >= 15 is 0 Å². The monoisotopic (exact) mass is 329 g/mol. The van der Waals surface area contributed by atoms with Gasteiger partial charge in [0.25, 0.3) is 0 Å². The van der Waals surface area contributed by atoms with Crippen LogP contribution in [0.4, 0.5) is 0 Å². The standard InChI is InChI=1S/C16H31N3O4/c1-9(2)8-13(14(17)21)19(7)16(23)11(4)18(6)15(22)10(3)12(5)20/h9-13,20H,8H2,1-7H3,(H2,17,21)/t10-,11-,12+,13-/m0/s1. The minimum Gasteiger partial charge on any atom is -0.393 e. The predicted molar refractivity (Wildman–Crippen MR) is 88.3 cm³/mol. The second kappa shape index (κ2) is 8.86. The average molecular weight is 329 g/mol. The van der Waals surface area contributed by atoms with Gasteiger partial charge in [0.2, 0.25) is 17.7 Å². The number of aliphatic hydroxyl groups is 1. The molecular formula is C16H31N3O4. The fourth-order valence-electron chi connectivity index (χ4n) is 2.24. The number of hydrogen-bond donors (Lipinski definition) is 2. The minimum absolute atomic E-state index is 0.202. The van der Waals surface area contributed by atoms with Crippen molar-refractivity contribution in [1.82, 2.24) is 9.80 Å². The molecule has 0 aromatic heterocycles. The fourth-order valence-corrected chi connectivity index (χ4v) is 2.24. The second-order valence-electron chi connectivity index (χ2n) is 6.65. The summed E-state index contributed by atoms with van der Waals surface area (Å²) in [5.41, 5.74) is 5.40. The highest BCUT2D eigenvalue weighted by Crippen LogP contribution is 2.15. The number of amides is 3. The molecule has 0 fully saturated rings. The van der Waals surface area contributed by atoms with E-state index < -0.39 is 30.0 Å². The van der Waals surface area contributed by atoms with Gasteiger partial charge in [0, 0.05) is 14.1 Å². The van der Waals surface area contributed by atoms with Crippen LogP contribution in [-0.4, -0.2) is 64.9 Å². The van der Waals surface area contributed by atoms with E-state index in [2.05, 4.69) is 0 Å². The summed E-state index contributed by atoms with van der Waals surface area (Å²) >= 11 is 0. The quantitative estimate of drug-likeness (QED) is 0.664. The number of nitrogens with two attached hydrogens (primary N) is 1. The molecule has 0 heterocycles. The Bertz CT molecular complexity index is 437. The molecular weight excluding hydrogens is 298 g/mol. The molecule has 4 atom stereocenters. The van der Waals surface area contributed by atoms with Crippen molar-refractivity contribution in [2.75, 3.05) is 14.1 Å². The number of rotatable bonds is 8. The summed E-state index contributed by atoms with van der Waals surface area (Å²) < 4.78 is 0. The third-order valence-corrected chi connectivity index (χ3v) is 4.24. The lowest BCUT2D eigenvalue weighted by molar-refractivity contribution is -0.149. The summed E-state index contributed by atoms with van der Waals surface area (Å²) in [6, 6.07) is -1.45. The van der Waals surface area contributed by atoms with Crippen LogP contribution in [-0.2, 0) is 14.4 Å². The number of carbonyl (C=O) groups is 3. The zero-order valence-corrected chi connectivity index (χ0v) is 15.2. The highest BCUT2D eigenvalue weighted by Gasteiger charge is 2.33. The van der Waals surface area contributed by atoms with Crippen molar-refractivity contribution >= 4 is 17.7 Å². The average Bonchev–Trinajstić information content (AvgIpc) is 2.47. The summed E-state index contributed by atoms with van der Waals surface area (Å²) in [5.74, 6) is -1.65. The normalized spacial score (nSPS) is 16.4. The molecule has 0 spiro atoms. The maximum atomic E-state index is 12.6. The van der Waals surface area contributed by atoms with E-state index in [4.69, 9.17) is 5.73 Å². The SMILES string of the molecule is CC(C)C[C@@H](C(N)=O)N(C)C(=O)[C@H](C)N(C)C(=O)[C@@H](C)[C@@H](C)O. The number of nitrogens with zero attached hydrogens (tertiary/aromatic N) is 2. The molecule has 0 bridgehead atoms. The summed E-state index contributed by atoms with van der Waals surface area (Å²) in [7, 11) is 3.03. The Morgan fingerprint density at radius 2 is 1.43 bits per heavy atom. The van der Waals surface area contributed by atoms with E-state index in [1.54, 1.807) is 13.8 Å². The maximum Gasteiger partial charge on any atom is 0.245 e. The van der Waals surface area contributed by atoms with Gasteiger partial charge in [-0.3, -0.25) is 14.4 Å². The van der Waals surface area contributed by atoms with Gasteiger partial charge in [0.05, 0.1) is 12.0 Å². The van der Waals surface area contributed by atoms with E-state index in [1.807, 2.05) is 13.8 Å². The molecule has 7 nitrogen and oxygen atoms in total. The maximum absolute atomic E-state index is 12.6. The number of hydrogen-bond acceptors (Lipinski definition) is 4. The van der Waals surface area contributed by atoms with Crippen molar-refractivity contribution < 1.29 is 19.5 Å². The minimum atomic E-state index is -0.802.